The lowest BCUT2D eigenvalue weighted by Gasteiger charge is -2.20. The first-order chi connectivity index (χ1) is 10.0. The van der Waals surface area contributed by atoms with Crippen molar-refractivity contribution in [2.24, 2.45) is 0 Å². The minimum absolute atomic E-state index is 0.0581. The first-order valence-electron chi connectivity index (χ1n) is 6.51. The van der Waals surface area contributed by atoms with Gasteiger partial charge in [0.15, 0.2) is 6.61 Å². The van der Waals surface area contributed by atoms with Gasteiger partial charge in [-0.25, -0.2) is 0 Å². The number of hydrogen-bond donors (Lipinski definition) is 1. The minimum Gasteiger partial charge on any atom is -0.482 e. The summed E-state index contributed by atoms with van der Waals surface area (Å²) in [6, 6.07) is 11.7. The third-order valence-electron chi connectivity index (χ3n) is 3.40. The van der Waals surface area contributed by atoms with Gasteiger partial charge in [0.1, 0.15) is 5.75 Å². The highest BCUT2D eigenvalue weighted by molar-refractivity contribution is 9.10. The van der Waals surface area contributed by atoms with E-state index in [0.717, 1.165) is 21.2 Å². The van der Waals surface area contributed by atoms with E-state index in [1.54, 1.807) is 0 Å². The number of rotatable bonds is 2. The Kier molecular flexibility index (Phi) is 3.91. The molecule has 1 amide bonds. The normalized spacial score (nSPS) is 14.9. The fraction of sp³-hybridized carbons (Fsp3) is 0.188. The minimum atomic E-state index is -0.277. The fourth-order valence-corrected chi connectivity index (χ4v) is 2.79. The average molecular weight is 367 g/mol. The van der Waals surface area contributed by atoms with E-state index in [2.05, 4.69) is 27.3 Å². The van der Waals surface area contributed by atoms with Gasteiger partial charge in [0.25, 0.3) is 5.91 Å². The van der Waals surface area contributed by atoms with Crippen molar-refractivity contribution in [1.82, 2.24) is 0 Å². The Morgan fingerprint density at radius 2 is 1.95 bits per heavy atom. The van der Waals surface area contributed by atoms with E-state index < -0.39 is 0 Å². The van der Waals surface area contributed by atoms with Crippen molar-refractivity contribution in [3.05, 3.63) is 57.6 Å². The van der Waals surface area contributed by atoms with Crippen LogP contribution in [0.3, 0.4) is 0 Å². The van der Waals surface area contributed by atoms with Crippen LogP contribution in [0.25, 0.3) is 0 Å². The molecule has 108 valence electrons. The molecule has 1 N–H and O–H groups in total. The van der Waals surface area contributed by atoms with Gasteiger partial charge in [-0.05, 0) is 41.8 Å². The predicted molar refractivity (Wildman–Crippen MR) is 87.1 cm³/mol. The first kappa shape index (κ1) is 14.4. The zero-order valence-corrected chi connectivity index (χ0v) is 13.7. The van der Waals surface area contributed by atoms with Crippen LogP contribution in [0.4, 0.5) is 5.69 Å². The molecule has 1 atom stereocenters. The quantitative estimate of drug-likeness (QED) is 0.799. The molecule has 5 heteroatoms. The molecule has 2 aromatic carbocycles. The monoisotopic (exact) mass is 365 g/mol. The summed E-state index contributed by atoms with van der Waals surface area (Å²) >= 11 is 10.0. The maximum Gasteiger partial charge on any atom is 0.262 e. The molecule has 3 rings (SSSR count). The van der Waals surface area contributed by atoms with Crippen LogP contribution >= 0.6 is 27.5 Å². The maximum atomic E-state index is 11.4. The van der Waals surface area contributed by atoms with Crippen molar-refractivity contribution in [2.75, 3.05) is 11.9 Å². The molecule has 2 aromatic rings. The molecule has 0 fully saturated rings. The van der Waals surface area contributed by atoms with E-state index in [9.17, 15) is 4.79 Å². The average Bonchev–Trinajstić information content (AvgIpc) is 2.48. The maximum absolute atomic E-state index is 11.4. The first-order valence-corrected chi connectivity index (χ1v) is 7.74. The number of aryl methyl sites for hydroxylation is 1. The van der Waals surface area contributed by atoms with E-state index in [0.29, 0.717) is 11.4 Å². The highest BCUT2D eigenvalue weighted by atomic mass is 79.9. The Bertz CT molecular complexity index is 717. The molecule has 0 saturated heterocycles. The van der Waals surface area contributed by atoms with Crippen LogP contribution in [-0.2, 0) is 4.79 Å². The van der Waals surface area contributed by atoms with Crippen molar-refractivity contribution < 1.29 is 9.53 Å². The number of carbonyl (C=O) groups is 1. The second-order valence-electron chi connectivity index (χ2n) is 4.96. The summed E-state index contributed by atoms with van der Waals surface area (Å²) in [4.78, 5) is 11.4. The molecule has 1 aliphatic heterocycles. The number of hydrogen-bond acceptors (Lipinski definition) is 2. The van der Waals surface area contributed by atoms with Gasteiger partial charge >= 0.3 is 0 Å². The van der Waals surface area contributed by atoms with E-state index in [1.165, 1.54) is 0 Å². The summed E-state index contributed by atoms with van der Waals surface area (Å²) in [7, 11) is 0. The largest absolute Gasteiger partial charge is 0.482 e. The van der Waals surface area contributed by atoms with Crippen molar-refractivity contribution in [3.63, 3.8) is 0 Å². The van der Waals surface area contributed by atoms with E-state index in [-0.39, 0.29) is 17.9 Å². The molecule has 1 unspecified atom stereocenters. The molecular weight excluding hydrogens is 354 g/mol. The number of carbonyl (C=O) groups excluding carboxylic acids is 1. The Hall–Kier alpha value is -1.52. The Balaban J connectivity index is 1.94. The predicted octanol–water partition coefficient (Wildman–Crippen LogP) is 4.42. The molecule has 0 saturated carbocycles. The topological polar surface area (TPSA) is 38.3 Å². The summed E-state index contributed by atoms with van der Waals surface area (Å²) in [6.45, 7) is 2.08. The van der Waals surface area contributed by atoms with E-state index in [1.807, 2.05) is 37.3 Å². The molecule has 0 radical (unpaired) electrons. The fourth-order valence-electron chi connectivity index (χ4n) is 2.28. The molecule has 0 spiro atoms. The van der Waals surface area contributed by atoms with Gasteiger partial charge in [0.2, 0.25) is 0 Å². The summed E-state index contributed by atoms with van der Waals surface area (Å²) in [6.07, 6.45) is 0. The molecular formula is C16H13BrClNO2. The van der Waals surface area contributed by atoms with Gasteiger partial charge in [-0.15, -0.1) is 11.6 Å². The van der Waals surface area contributed by atoms with Crippen LogP contribution in [0.1, 0.15) is 22.1 Å². The number of anilines is 1. The third-order valence-corrected chi connectivity index (χ3v) is 4.80. The van der Waals surface area contributed by atoms with Crippen molar-refractivity contribution in [2.45, 2.75) is 12.3 Å². The molecule has 0 aliphatic carbocycles. The highest BCUT2D eigenvalue weighted by Gasteiger charge is 2.19. The van der Waals surface area contributed by atoms with E-state index in [4.69, 9.17) is 16.3 Å². The van der Waals surface area contributed by atoms with Crippen LogP contribution in [0.2, 0.25) is 0 Å². The summed E-state index contributed by atoms with van der Waals surface area (Å²) in [5.74, 6) is 0.527. The molecule has 21 heavy (non-hydrogen) atoms. The molecule has 3 nitrogen and oxygen atoms in total. The second kappa shape index (κ2) is 5.70. The van der Waals surface area contributed by atoms with Gasteiger partial charge < -0.3 is 10.1 Å². The van der Waals surface area contributed by atoms with Crippen LogP contribution < -0.4 is 10.1 Å². The second-order valence-corrected chi connectivity index (χ2v) is 6.25. The summed E-state index contributed by atoms with van der Waals surface area (Å²) in [5, 5.41) is 2.52. The number of ether oxygens (including phenoxy) is 1. The summed E-state index contributed by atoms with van der Waals surface area (Å²) < 4.78 is 6.41. The molecule has 1 aliphatic rings. The molecule has 0 bridgehead atoms. The van der Waals surface area contributed by atoms with Crippen molar-refractivity contribution in [1.29, 1.82) is 0 Å². The molecule has 1 heterocycles. The highest BCUT2D eigenvalue weighted by Crippen LogP contribution is 2.36. The lowest BCUT2D eigenvalue weighted by molar-refractivity contribution is -0.118. The Morgan fingerprint density at radius 1 is 1.24 bits per heavy atom. The number of halogens is 2. The standard InChI is InChI=1S/C16H13BrClNO2/c1-9-6-10(2-4-12(9)17)16(18)11-3-5-14-13(7-11)19-15(20)8-21-14/h2-7,16H,8H2,1H3,(H,19,20). The zero-order chi connectivity index (χ0) is 15.0. The number of benzene rings is 2. The van der Waals surface area contributed by atoms with Gasteiger partial charge in [0, 0.05) is 4.47 Å². The van der Waals surface area contributed by atoms with Gasteiger partial charge in [-0.1, -0.05) is 34.1 Å². The van der Waals surface area contributed by atoms with Crippen molar-refractivity contribution in [3.8, 4) is 5.75 Å². The number of nitrogens with one attached hydrogen (secondary N) is 1. The van der Waals surface area contributed by atoms with Gasteiger partial charge in [0.05, 0.1) is 11.1 Å². The zero-order valence-electron chi connectivity index (χ0n) is 11.3. The van der Waals surface area contributed by atoms with Gasteiger partial charge in [-0.3, -0.25) is 4.79 Å². The van der Waals surface area contributed by atoms with Crippen LogP contribution in [-0.4, -0.2) is 12.5 Å². The SMILES string of the molecule is Cc1cc(C(Cl)c2ccc3c(c2)NC(=O)CO3)ccc1Br. The lowest BCUT2D eigenvalue weighted by Crippen LogP contribution is -2.25. The van der Waals surface area contributed by atoms with Crippen LogP contribution in [0.15, 0.2) is 40.9 Å². The number of alkyl halides is 1. The number of fused-ring (bicyclic) bond motifs is 1. The lowest BCUT2D eigenvalue weighted by atomic mass is 10.0. The van der Waals surface area contributed by atoms with E-state index >= 15 is 0 Å². The van der Waals surface area contributed by atoms with Crippen molar-refractivity contribution >= 4 is 39.1 Å². The number of amides is 1. The Morgan fingerprint density at radius 3 is 2.71 bits per heavy atom. The smallest absolute Gasteiger partial charge is 0.262 e. The van der Waals surface area contributed by atoms with Gasteiger partial charge in [-0.2, -0.15) is 0 Å². The van der Waals surface area contributed by atoms with Crippen LogP contribution in [0.5, 0.6) is 5.75 Å². The molecule has 0 aromatic heterocycles. The third kappa shape index (κ3) is 2.92. The van der Waals surface area contributed by atoms with Crippen LogP contribution in [0, 0.1) is 6.92 Å². The Labute approximate surface area is 136 Å². The summed E-state index contributed by atoms with van der Waals surface area (Å²) in [5.41, 5.74) is 3.74.